The van der Waals surface area contributed by atoms with Gasteiger partial charge in [0.2, 0.25) is 0 Å². The van der Waals surface area contributed by atoms with Crippen LogP contribution in [0.25, 0.3) is 21.5 Å². The molecule has 0 spiro atoms. The number of carboxylic acid groups (broad SMARTS) is 1. The quantitative estimate of drug-likeness (QED) is 0.448. The van der Waals surface area contributed by atoms with Crippen molar-refractivity contribution in [1.82, 2.24) is 0 Å². The van der Waals surface area contributed by atoms with E-state index in [1.165, 1.54) is 0 Å². The highest BCUT2D eigenvalue weighted by Crippen LogP contribution is 2.42. The minimum atomic E-state index is -1.34. The Balaban J connectivity index is 2.46. The summed E-state index contributed by atoms with van der Waals surface area (Å²) in [7, 11) is 3.15. The summed E-state index contributed by atoms with van der Waals surface area (Å²) < 4.78 is 15.7. The number of rotatable bonds is 3. The van der Waals surface area contributed by atoms with Crippen molar-refractivity contribution in [2.75, 3.05) is 14.2 Å². The Bertz CT molecular complexity index is 870. The second-order valence-electron chi connectivity index (χ2n) is 4.69. The van der Waals surface area contributed by atoms with Gasteiger partial charge in [0, 0.05) is 10.8 Å². The van der Waals surface area contributed by atoms with Crippen molar-refractivity contribution in [3.8, 4) is 17.2 Å². The summed E-state index contributed by atoms with van der Waals surface area (Å²) in [5.41, 5.74) is 0. The maximum Gasteiger partial charge on any atom is 0.511 e. The maximum absolute atomic E-state index is 10.9. The van der Waals surface area contributed by atoms with E-state index < -0.39 is 6.16 Å². The van der Waals surface area contributed by atoms with Gasteiger partial charge in [0.25, 0.3) is 0 Å². The molecule has 0 heterocycles. The maximum atomic E-state index is 10.9. The Morgan fingerprint density at radius 3 is 2.32 bits per heavy atom. The van der Waals surface area contributed by atoms with E-state index in [9.17, 15) is 4.79 Å². The van der Waals surface area contributed by atoms with E-state index >= 15 is 0 Å². The topological polar surface area (TPSA) is 65.0 Å². The average molecular weight is 298 g/mol. The fraction of sp³-hybridized carbons (Fsp3) is 0.118. The van der Waals surface area contributed by atoms with Crippen LogP contribution in [0.15, 0.2) is 42.5 Å². The first-order chi connectivity index (χ1) is 10.7. The van der Waals surface area contributed by atoms with Crippen LogP contribution < -0.4 is 14.2 Å². The lowest BCUT2D eigenvalue weighted by atomic mass is 10.00. The molecule has 0 radical (unpaired) electrons. The van der Waals surface area contributed by atoms with Gasteiger partial charge in [-0.25, -0.2) is 4.79 Å². The Kier molecular flexibility index (Phi) is 3.47. The van der Waals surface area contributed by atoms with E-state index in [-0.39, 0.29) is 0 Å². The monoisotopic (exact) mass is 298 g/mol. The fourth-order valence-corrected chi connectivity index (χ4v) is 2.65. The number of ether oxygens (including phenoxy) is 3. The zero-order valence-electron chi connectivity index (χ0n) is 12.1. The molecule has 3 aromatic carbocycles. The van der Waals surface area contributed by atoms with Crippen LogP contribution in [0.2, 0.25) is 0 Å². The third kappa shape index (κ3) is 2.16. The molecule has 1 N–H and O–H groups in total. The summed E-state index contributed by atoms with van der Waals surface area (Å²) in [5.74, 6) is 1.52. The second kappa shape index (κ2) is 5.44. The van der Waals surface area contributed by atoms with Gasteiger partial charge in [0.05, 0.1) is 14.2 Å². The van der Waals surface area contributed by atoms with Crippen molar-refractivity contribution in [3.63, 3.8) is 0 Å². The first-order valence-electron chi connectivity index (χ1n) is 6.63. The normalized spacial score (nSPS) is 10.6. The summed E-state index contributed by atoms with van der Waals surface area (Å²) in [6.07, 6.45) is -1.34. The number of hydrogen-bond donors (Lipinski definition) is 1. The van der Waals surface area contributed by atoms with Crippen molar-refractivity contribution in [2.45, 2.75) is 0 Å². The third-order valence-corrected chi connectivity index (χ3v) is 3.52. The number of benzene rings is 3. The molecular formula is C17H14O5. The van der Waals surface area contributed by atoms with Crippen LogP contribution in [0.3, 0.4) is 0 Å². The zero-order chi connectivity index (χ0) is 15.7. The van der Waals surface area contributed by atoms with Crippen molar-refractivity contribution >= 4 is 27.7 Å². The van der Waals surface area contributed by atoms with Crippen LogP contribution in [0.1, 0.15) is 0 Å². The van der Waals surface area contributed by atoms with Crippen LogP contribution in [0.4, 0.5) is 4.79 Å². The summed E-state index contributed by atoms with van der Waals surface area (Å²) in [4.78, 5) is 10.9. The van der Waals surface area contributed by atoms with Gasteiger partial charge in [0.15, 0.2) is 11.5 Å². The Hall–Kier alpha value is -2.95. The lowest BCUT2D eigenvalue weighted by Gasteiger charge is -2.14. The van der Waals surface area contributed by atoms with Crippen LogP contribution in [-0.2, 0) is 0 Å². The van der Waals surface area contributed by atoms with Gasteiger partial charge in [-0.3, -0.25) is 0 Å². The molecule has 0 unspecified atom stereocenters. The predicted octanol–water partition coefficient (Wildman–Crippen LogP) is 4.07. The van der Waals surface area contributed by atoms with Gasteiger partial charge >= 0.3 is 6.16 Å². The summed E-state index contributed by atoms with van der Waals surface area (Å²) in [6.45, 7) is 0. The summed E-state index contributed by atoms with van der Waals surface area (Å²) in [6, 6.07) is 12.7. The highest BCUT2D eigenvalue weighted by atomic mass is 16.7. The van der Waals surface area contributed by atoms with Crippen molar-refractivity contribution in [2.24, 2.45) is 0 Å². The molecule has 0 amide bonds. The second-order valence-corrected chi connectivity index (χ2v) is 4.69. The standard InChI is InChI=1S/C17H14O5/c1-20-13-8-7-10-9-14(22-17(18)19)11-5-3-4-6-12(11)15(10)16(13)21-2/h3-9H,1-2H3,(H,18,19). The molecular weight excluding hydrogens is 284 g/mol. The van der Waals surface area contributed by atoms with Gasteiger partial charge in [-0.2, -0.15) is 0 Å². The molecule has 3 rings (SSSR count). The Labute approximate surface area is 126 Å². The molecule has 0 aliphatic carbocycles. The van der Waals surface area contributed by atoms with Crippen molar-refractivity contribution < 1.29 is 24.1 Å². The lowest BCUT2D eigenvalue weighted by Crippen LogP contribution is -2.03. The molecule has 0 bridgehead atoms. The Morgan fingerprint density at radius 1 is 0.955 bits per heavy atom. The van der Waals surface area contributed by atoms with Crippen LogP contribution in [0.5, 0.6) is 17.2 Å². The van der Waals surface area contributed by atoms with Crippen LogP contribution >= 0.6 is 0 Å². The smallest absolute Gasteiger partial charge is 0.493 e. The first-order valence-corrected chi connectivity index (χ1v) is 6.63. The molecule has 0 aliphatic heterocycles. The summed E-state index contributed by atoms with van der Waals surface area (Å²) >= 11 is 0. The molecule has 5 heteroatoms. The van der Waals surface area contributed by atoms with Crippen molar-refractivity contribution in [1.29, 1.82) is 0 Å². The first kappa shape index (κ1) is 14.0. The molecule has 112 valence electrons. The highest BCUT2D eigenvalue weighted by molar-refractivity contribution is 6.14. The van der Waals surface area contributed by atoms with E-state index in [4.69, 9.17) is 19.3 Å². The Morgan fingerprint density at radius 2 is 1.68 bits per heavy atom. The molecule has 22 heavy (non-hydrogen) atoms. The van der Waals surface area contributed by atoms with E-state index in [2.05, 4.69) is 0 Å². The van der Waals surface area contributed by atoms with Gasteiger partial charge in [-0.05, 0) is 22.9 Å². The number of fused-ring (bicyclic) bond motifs is 3. The predicted molar refractivity (Wildman–Crippen MR) is 83.2 cm³/mol. The molecule has 3 aromatic rings. The third-order valence-electron chi connectivity index (χ3n) is 3.52. The van der Waals surface area contributed by atoms with E-state index in [1.54, 1.807) is 26.4 Å². The average Bonchev–Trinajstić information content (AvgIpc) is 2.53. The summed E-state index contributed by atoms with van der Waals surface area (Å²) in [5, 5.41) is 12.1. The molecule has 0 aliphatic rings. The van der Waals surface area contributed by atoms with E-state index in [1.807, 2.05) is 30.3 Å². The van der Waals surface area contributed by atoms with Gasteiger partial charge in [-0.15, -0.1) is 0 Å². The fourth-order valence-electron chi connectivity index (χ4n) is 2.65. The highest BCUT2D eigenvalue weighted by Gasteiger charge is 2.16. The minimum absolute atomic E-state index is 0.294. The molecule has 0 atom stereocenters. The molecule has 0 saturated carbocycles. The SMILES string of the molecule is COc1ccc2cc(OC(=O)O)c3ccccc3c2c1OC. The number of methoxy groups -OCH3 is 2. The van der Waals surface area contributed by atoms with Gasteiger partial charge in [0.1, 0.15) is 5.75 Å². The molecule has 5 nitrogen and oxygen atoms in total. The van der Waals surface area contributed by atoms with E-state index in [0.29, 0.717) is 22.6 Å². The van der Waals surface area contributed by atoms with Gasteiger partial charge in [-0.1, -0.05) is 30.3 Å². The van der Waals surface area contributed by atoms with Crippen LogP contribution in [-0.4, -0.2) is 25.5 Å². The largest absolute Gasteiger partial charge is 0.511 e. The molecule has 0 saturated heterocycles. The van der Waals surface area contributed by atoms with Gasteiger partial charge < -0.3 is 19.3 Å². The van der Waals surface area contributed by atoms with E-state index in [0.717, 1.165) is 16.2 Å². The van der Waals surface area contributed by atoms with Crippen molar-refractivity contribution in [3.05, 3.63) is 42.5 Å². The molecule has 0 fully saturated rings. The zero-order valence-corrected chi connectivity index (χ0v) is 12.1. The lowest BCUT2D eigenvalue weighted by molar-refractivity contribution is 0.145. The minimum Gasteiger partial charge on any atom is -0.493 e. The number of carbonyl (C=O) groups is 1. The van der Waals surface area contributed by atoms with Crippen LogP contribution in [0, 0.1) is 0 Å². The molecule has 0 aromatic heterocycles. The number of hydrogen-bond acceptors (Lipinski definition) is 4.